The molecule has 0 unspecified atom stereocenters. The number of aromatic carboxylic acids is 1. The van der Waals surface area contributed by atoms with E-state index in [0.29, 0.717) is 11.4 Å². The lowest BCUT2D eigenvalue weighted by Crippen LogP contribution is -2.16. The van der Waals surface area contributed by atoms with Crippen molar-refractivity contribution in [3.63, 3.8) is 0 Å². The normalized spacial score (nSPS) is 14.2. The molecule has 4 heteroatoms. The lowest BCUT2D eigenvalue weighted by Gasteiger charge is -2.24. The van der Waals surface area contributed by atoms with Crippen LogP contribution in [0.2, 0.25) is 0 Å². The van der Waals surface area contributed by atoms with Gasteiger partial charge < -0.3 is 15.6 Å². The lowest BCUT2D eigenvalue weighted by atomic mass is 9.84. The van der Waals surface area contributed by atoms with Crippen LogP contribution in [0.25, 0.3) is 0 Å². The number of fused-ring (bicyclic) bond motifs is 1. The third kappa shape index (κ3) is 1.73. The average Bonchev–Trinajstić information content (AvgIpc) is 2.33. The van der Waals surface area contributed by atoms with Crippen molar-refractivity contribution < 1.29 is 14.6 Å². The van der Waals surface area contributed by atoms with Crippen LogP contribution in [-0.4, -0.2) is 18.2 Å². The zero-order chi connectivity index (χ0) is 12.6. The Morgan fingerprint density at radius 2 is 1.88 bits per heavy atom. The van der Waals surface area contributed by atoms with Gasteiger partial charge in [0.2, 0.25) is 0 Å². The number of carboxylic acids is 1. The van der Waals surface area contributed by atoms with E-state index in [1.165, 1.54) is 7.11 Å². The van der Waals surface area contributed by atoms with Gasteiger partial charge in [0.1, 0.15) is 5.56 Å². The maximum atomic E-state index is 11.4. The molecule has 0 saturated carbocycles. The Bertz CT molecular complexity index is 480. The van der Waals surface area contributed by atoms with Gasteiger partial charge in [0.05, 0.1) is 12.8 Å². The summed E-state index contributed by atoms with van der Waals surface area (Å²) >= 11 is 0. The second kappa shape index (κ2) is 4.28. The smallest absolute Gasteiger partial charge is 0.339 e. The number of carboxylic acid groups (broad SMARTS) is 1. The minimum absolute atomic E-state index is 0.255. The van der Waals surface area contributed by atoms with E-state index < -0.39 is 5.97 Å². The third-order valence-electron chi connectivity index (χ3n) is 3.52. The summed E-state index contributed by atoms with van der Waals surface area (Å²) in [5.41, 5.74) is 9.67. The molecule has 0 saturated heterocycles. The molecule has 0 fully saturated rings. The van der Waals surface area contributed by atoms with E-state index in [1.54, 1.807) is 0 Å². The van der Waals surface area contributed by atoms with Gasteiger partial charge in [0, 0.05) is 0 Å². The molecule has 92 valence electrons. The predicted molar refractivity (Wildman–Crippen MR) is 65.7 cm³/mol. The Morgan fingerprint density at radius 3 is 2.41 bits per heavy atom. The van der Waals surface area contributed by atoms with Gasteiger partial charge in [0.25, 0.3) is 0 Å². The largest absolute Gasteiger partial charge is 0.494 e. The Labute approximate surface area is 100 Å². The number of benzene rings is 1. The maximum Gasteiger partial charge on any atom is 0.339 e. The highest BCUT2D eigenvalue weighted by Crippen LogP contribution is 2.39. The highest BCUT2D eigenvalue weighted by molar-refractivity contribution is 5.96. The van der Waals surface area contributed by atoms with Crippen molar-refractivity contribution in [1.29, 1.82) is 0 Å². The zero-order valence-electron chi connectivity index (χ0n) is 10.2. The summed E-state index contributed by atoms with van der Waals surface area (Å²) in [4.78, 5) is 11.4. The molecule has 4 nitrogen and oxygen atoms in total. The van der Waals surface area contributed by atoms with Crippen LogP contribution in [0.3, 0.4) is 0 Å². The minimum atomic E-state index is -0.952. The molecular weight excluding hydrogens is 218 g/mol. The Morgan fingerprint density at radius 1 is 1.29 bits per heavy atom. The van der Waals surface area contributed by atoms with E-state index >= 15 is 0 Å². The molecule has 17 heavy (non-hydrogen) atoms. The Kier molecular flexibility index (Phi) is 2.96. The second-order valence-corrected chi connectivity index (χ2v) is 4.42. The number of carbonyl (C=O) groups is 1. The van der Waals surface area contributed by atoms with Gasteiger partial charge in [-0.25, -0.2) is 4.79 Å². The monoisotopic (exact) mass is 235 g/mol. The first-order valence-corrected chi connectivity index (χ1v) is 5.79. The zero-order valence-corrected chi connectivity index (χ0v) is 10.2. The van der Waals surface area contributed by atoms with E-state index in [2.05, 4.69) is 0 Å². The van der Waals surface area contributed by atoms with Crippen LogP contribution in [-0.2, 0) is 12.8 Å². The number of hydrogen-bond donors (Lipinski definition) is 2. The summed E-state index contributed by atoms with van der Waals surface area (Å²) in [6.07, 6.45) is 3.84. The molecule has 0 aliphatic heterocycles. The number of nitrogen functional groups attached to an aromatic ring is 1. The van der Waals surface area contributed by atoms with Crippen molar-refractivity contribution in [2.75, 3.05) is 12.8 Å². The first-order chi connectivity index (χ1) is 8.07. The SMILES string of the molecule is COc1c(N)c(C)c2c(c1C(=O)O)CCCC2. The van der Waals surface area contributed by atoms with Crippen molar-refractivity contribution in [1.82, 2.24) is 0 Å². The van der Waals surface area contributed by atoms with Crippen LogP contribution >= 0.6 is 0 Å². The van der Waals surface area contributed by atoms with Crippen LogP contribution in [0.1, 0.15) is 39.9 Å². The minimum Gasteiger partial charge on any atom is -0.494 e. The molecule has 0 amide bonds. The molecule has 0 heterocycles. The van der Waals surface area contributed by atoms with Crippen molar-refractivity contribution in [3.8, 4) is 5.75 Å². The quantitative estimate of drug-likeness (QED) is 0.770. The molecule has 0 bridgehead atoms. The van der Waals surface area contributed by atoms with Crippen LogP contribution in [0.15, 0.2) is 0 Å². The van der Waals surface area contributed by atoms with Gasteiger partial charge in [-0.05, 0) is 49.3 Å². The number of anilines is 1. The van der Waals surface area contributed by atoms with Crippen LogP contribution in [0.4, 0.5) is 5.69 Å². The molecule has 1 aromatic rings. The van der Waals surface area contributed by atoms with E-state index in [4.69, 9.17) is 10.5 Å². The maximum absolute atomic E-state index is 11.4. The number of rotatable bonds is 2. The van der Waals surface area contributed by atoms with Gasteiger partial charge in [0.15, 0.2) is 5.75 Å². The van der Waals surface area contributed by atoms with Crippen molar-refractivity contribution in [2.24, 2.45) is 0 Å². The summed E-state index contributed by atoms with van der Waals surface area (Å²) in [5, 5.41) is 9.33. The highest BCUT2D eigenvalue weighted by Gasteiger charge is 2.26. The molecule has 3 N–H and O–H groups in total. The lowest BCUT2D eigenvalue weighted by molar-refractivity contribution is 0.0692. The fraction of sp³-hybridized carbons (Fsp3) is 0.462. The van der Waals surface area contributed by atoms with Crippen molar-refractivity contribution in [3.05, 3.63) is 22.3 Å². The van der Waals surface area contributed by atoms with E-state index in [-0.39, 0.29) is 5.56 Å². The number of nitrogens with two attached hydrogens (primary N) is 1. The van der Waals surface area contributed by atoms with Crippen LogP contribution in [0.5, 0.6) is 5.75 Å². The number of hydrogen-bond acceptors (Lipinski definition) is 3. The Hall–Kier alpha value is -1.71. The molecular formula is C13H17NO3. The molecule has 0 aromatic heterocycles. The standard InChI is InChI=1S/C13H17NO3/c1-7-8-5-3-4-6-9(8)10(13(15)16)12(17-2)11(7)14/h3-6,14H2,1-2H3,(H,15,16). The van der Waals surface area contributed by atoms with E-state index in [0.717, 1.165) is 42.4 Å². The van der Waals surface area contributed by atoms with Crippen LogP contribution in [0, 0.1) is 6.92 Å². The number of methoxy groups -OCH3 is 1. The van der Waals surface area contributed by atoms with Gasteiger partial charge in [-0.1, -0.05) is 0 Å². The molecule has 0 radical (unpaired) electrons. The topological polar surface area (TPSA) is 72.5 Å². The summed E-state index contributed by atoms with van der Waals surface area (Å²) in [5.74, 6) is -0.637. The summed E-state index contributed by atoms with van der Waals surface area (Å²) in [6.45, 7) is 1.94. The van der Waals surface area contributed by atoms with Gasteiger partial charge in [-0.15, -0.1) is 0 Å². The Balaban J connectivity index is 2.78. The van der Waals surface area contributed by atoms with Crippen LogP contribution < -0.4 is 10.5 Å². The summed E-state index contributed by atoms with van der Waals surface area (Å²) < 4.78 is 5.18. The molecule has 0 spiro atoms. The second-order valence-electron chi connectivity index (χ2n) is 4.42. The average molecular weight is 235 g/mol. The summed E-state index contributed by atoms with van der Waals surface area (Å²) in [6, 6.07) is 0. The molecule has 1 aliphatic carbocycles. The number of ether oxygens (including phenoxy) is 1. The third-order valence-corrected chi connectivity index (χ3v) is 3.52. The van der Waals surface area contributed by atoms with Gasteiger partial charge >= 0.3 is 5.97 Å². The molecule has 2 rings (SSSR count). The molecule has 0 atom stereocenters. The fourth-order valence-corrected chi connectivity index (χ4v) is 2.64. The van der Waals surface area contributed by atoms with Crippen molar-refractivity contribution in [2.45, 2.75) is 32.6 Å². The van der Waals surface area contributed by atoms with Gasteiger partial charge in [-0.2, -0.15) is 0 Å². The van der Waals surface area contributed by atoms with E-state index in [9.17, 15) is 9.90 Å². The van der Waals surface area contributed by atoms with E-state index in [1.807, 2.05) is 6.92 Å². The highest BCUT2D eigenvalue weighted by atomic mass is 16.5. The molecule has 1 aromatic carbocycles. The predicted octanol–water partition coefficient (Wildman–Crippen LogP) is 2.16. The van der Waals surface area contributed by atoms with Gasteiger partial charge in [-0.3, -0.25) is 0 Å². The first kappa shape index (κ1) is 11.8. The molecule has 1 aliphatic rings. The summed E-state index contributed by atoms with van der Waals surface area (Å²) in [7, 11) is 1.47. The fourth-order valence-electron chi connectivity index (χ4n) is 2.64. The van der Waals surface area contributed by atoms with Crippen molar-refractivity contribution >= 4 is 11.7 Å². The first-order valence-electron chi connectivity index (χ1n) is 5.79.